The Kier molecular flexibility index (Phi) is 63.5. The standard InChI is InChI=1S/C95H163N14O40P/c1-55(114)65(54-145-150(137,138)139-6)109-75(124)32-14-12-10-8-7-9-11-13-29-72(121)98-41-46-140-62-48-60(88(133)99-37-39-101-90(135)63(107-73(122)33-19-25-44-143-94-78(105-58(4)117)86(131)82(127)68(52-112)148-94)27-15-21-35-96-70(119)30-17-23-42-141-92-76(103-56(2)115)84(129)80(125)66(50-110)146-92)47-61(49-62)89(134)100-38-40-102-91(136)64(108-74(123)34-20-26-45-144-95-79(106-59(5)118)87(132)83(128)69(53-113)149-95)28-16-22-36-97-71(120)31-18-24-43-142-93-77(104-57(3)116)85(130)81(126)67(51-111)147-93/h47-49,55,63-69,76-87,92-95,110-114,125-132H,7-46,50-54H2,1-6H3,(H,96,119)(H,97,120)(H,98,121)(H,99,133)(H,100,134)(H,101,135)(H,102,136)(H,103,115)(H,104,116)(H,105,117)(H,106,118)(H,107,122)(H,108,123)(H,109,124)(H,137,138)/t55-,63+,64+,65-,66?,67?,68?,69?,76?,77?,78?,79?,80?,81?,82?,83?,84?,85?,86?,87?,92?,93?,94?,95?/m1/s1. The van der Waals surface area contributed by atoms with Crippen LogP contribution in [-0.4, -0.2) is 420 Å². The van der Waals surface area contributed by atoms with Crippen LogP contribution in [0.1, 0.15) is 235 Å². The summed E-state index contributed by atoms with van der Waals surface area (Å²) < 4.78 is 72.5. The molecule has 150 heavy (non-hydrogen) atoms. The third kappa shape index (κ3) is 50.0. The zero-order valence-electron chi connectivity index (χ0n) is 86.2. The molecule has 4 aliphatic rings. The average molecular weight is 2170 g/mol. The van der Waals surface area contributed by atoms with Gasteiger partial charge in [-0.1, -0.05) is 38.5 Å². The normalized spacial score (nSPS) is 24.8. The Bertz CT molecular complexity index is 4090. The van der Waals surface area contributed by atoms with Crippen molar-refractivity contribution in [1.82, 2.24) is 74.4 Å². The van der Waals surface area contributed by atoms with Crippen molar-refractivity contribution < 1.29 is 195 Å². The molecule has 28 N–H and O–H groups in total. The van der Waals surface area contributed by atoms with E-state index in [1.54, 1.807) is 0 Å². The van der Waals surface area contributed by atoms with Crippen molar-refractivity contribution in [1.29, 1.82) is 0 Å². The van der Waals surface area contributed by atoms with Gasteiger partial charge in [0.15, 0.2) is 25.2 Å². The van der Waals surface area contributed by atoms with E-state index in [4.69, 9.17) is 47.2 Å². The molecule has 0 aromatic heterocycles. The summed E-state index contributed by atoms with van der Waals surface area (Å²) in [6.07, 6.45) is -13.6. The van der Waals surface area contributed by atoms with E-state index in [0.717, 1.165) is 45.6 Å². The maximum atomic E-state index is 14.2. The molecule has 4 aliphatic heterocycles. The van der Waals surface area contributed by atoms with Crippen molar-refractivity contribution in [2.75, 3.05) is 119 Å². The third-order valence-electron chi connectivity index (χ3n) is 24.8. The first-order valence-corrected chi connectivity index (χ1v) is 52.9. The second-order valence-corrected chi connectivity index (χ2v) is 38.8. The highest BCUT2D eigenvalue weighted by Crippen LogP contribution is 2.42. The number of carbonyl (C=O) groups excluding carboxylic acids is 14. The number of carbonyl (C=O) groups is 14. The molecule has 55 heteroatoms. The minimum absolute atomic E-state index is 0.00132. The molecule has 0 spiro atoms. The molecule has 1 aromatic carbocycles. The number of ether oxygens (including phenoxy) is 9. The summed E-state index contributed by atoms with van der Waals surface area (Å²) in [5, 5.41) is 170. The van der Waals surface area contributed by atoms with Gasteiger partial charge in [0.05, 0.1) is 51.7 Å². The molecule has 0 aliphatic carbocycles. The quantitative estimate of drug-likeness (QED) is 0.0213. The van der Waals surface area contributed by atoms with Crippen LogP contribution in [0.2, 0.25) is 0 Å². The first kappa shape index (κ1) is 131. The summed E-state index contributed by atoms with van der Waals surface area (Å²) in [6, 6.07) is -4.09. The number of hydrogen-bond acceptors (Lipinski definition) is 39. The molecule has 5 rings (SSSR count). The molecule has 14 amide bonds. The summed E-state index contributed by atoms with van der Waals surface area (Å²) in [7, 11) is -3.34. The zero-order chi connectivity index (χ0) is 111. The molecule has 0 radical (unpaired) electrons. The van der Waals surface area contributed by atoms with Crippen LogP contribution in [0.4, 0.5) is 0 Å². The molecule has 4 fully saturated rings. The van der Waals surface area contributed by atoms with Crippen LogP contribution in [0.15, 0.2) is 18.2 Å². The van der Waals surface area contributed by atoms with E-state index in [2.05, 4.69) is 79.0 Å². The van der Waals surface area contributed by atoms with Crippen molar-refractivity contribution in [2.24, 2.45) is 0 Å². The van der Waals surface area contributed by atoms with Crippen LogP contribution in [0.25, 0.3) is 0 Å². The molecule has 858 valence electrons. The van der Waals surface area contributed by atoms with Gasteiger partial charge in [-0.05, 0) is 128 Å². The topological polar surface area (TPSA) is 809 Å². The van der Waals surface area contributed by atoms with Gasteiger partial charge in [0, 0.05) is 150 Å². The molecule has 1 aromatic rings. The first-order valence-electron chi connectivity index (χ1n) is 51.4. The van der Waals surface area contributed by atoms with Crippen molar-refractivity contribution in [3.63, 3.8) is 0 Å². The maximum Gasteiger partial charge on any atom is 0.471 e. The molecule has 0 saturated carbocycles. The fraction of sp³-hybridized carbons (Fsp3) is 0.789. The van der Waals surface area contributed by atoms with Gasteiger partial charge >= 0.3 is 7.82 Å². The van der Waals surface area contributed by atoms with Gasteiger partial charge < -0.3 is 188 Å². The summed E-state index contributed by atoms with van der Waals surface area (Å²) in [5.74, 6) is -7.44. The molecule has 25 atom stereocenters. The van der Waals surface area contributed by atoms with Crippen molar-refractivity contribution in [3.05, 3.63) is 29.3 Å². The Hall–Kier alpha value is -9.13. The fourth-order valence-corrected chi connectivity index (χ4v) is 16.9. The van der Waals surface area contributed by atoms with Gasteiger partial charge in [0.25, 0.3) is 11.8 Å². The van der Waals surface area contributed by atoms with Gasteiger partial charge in [0.1, 0.15) is 122 Å². The predicted octanol–water partition coefficient (Wildman–Crippen LogP) is -6.53. The highest BCUT2D eigenvalue weighted by Gasteiger charge is 2.50. The number of benzene rings is 1. The maximum absolute atomic E-state index is 14.2. The molecule has 4 heterocycles. The number of aliphatic hydroxyl groups is 13. The Morgan fingerprint density at radius 2 is 0.633 bits per heavy atom. The van der Waals surface area contributed by atoms with E-state index in [1.807, 2.05) is 0 Å². The van der Waals surface area contributed by atoms with E-state index in [1.165, 1.54) is 52.8 Å². The lowest BCUT2D eigenvalue weighted by atomic mass is 9.97. The summed E-state index contributed by atoms with van der Waals surface area (Å²) >= 11 is 0. The second kappa shape index (κ2) is 72.5. The van der Waals surface area contributed by atoms with Crippen LogP contribution >= 0.6 is 7.82 Å². The van der Waals surface area contributed by atoms with Crippen molar-refractivity contribution >= 4 is 90.5 Å². The Labute approximate surface area is 871 Å². The number of amides is 14. The van der Waals surface area contributed by atoms with Crippen molar-refractivity contribution in [3.8, 4) is 5.75 Å². The Morgan fingerprint density at radius 1 is 0.347 bits per heavy atom. The van der Waals surface area contributed by atoms with Crippen LogP contribution < -0.4 is 79.2 Å². The van der Waals surface area contributed by atoms with E-state index >= 15 is 0 Å². The number of hydrogen-bond donors (Lipinski definition) is 28. The smallest absolute Gasteiger partial charge is 0.471 e. The lowest BCUT2D eigenvalue weighted by Crippen LogP contribution is -2.64. The first-order chi connectivity index (χ1) is 71.5. The number of nitrogens with one attached hydrogen (secondary N) is 14. The molecular weight excluding hydrogens is 2010 g/mol. The monoisotopic (exact) mass is 2170 g/mol. The predicted molar refractivity (Wildman–Crippen MR) is 526 cm³/mol. The van der Waals surface area contributed by atoms with E-state index < -0.39 is 247 Å². The average Bonchev–Trinajstić information content (AvgIpc) is 0.812. The minimum Gasteiger partial charge on any atom is -0.492 e. The lowest BCUT2D eigenvalue weighted by Gasteiger charge is -2.42. The van der Waals surface area contributed by atoms with Gasteiger partial charge in [-0.15, -0.1) is 0 Å². The zero-order valence-corrected chi connectivity index (χ0v) is 87.1. The summed E-state index contributed by atoms with van der Waals surface area (Å²) in [6.45, 7) is 2.22. The molecule has 0 bridgehead atoms. The van der Waals surface area contributed by atoms with Crippen LogP contribution in [0.3, 0.4) is 0 Å². The molecule has 21 unspecified atom stereocenters. The summed E-state index contributed by atoms with van der Waals surface area (Å²) in [4.78, 5) is 193. The number of rotatable bonds is 75. The molecule has 4 saturated heterocycles. The van der Waals surface area contributed by atoms with Crippen LogP contribution in [-0.2, 0) is 109 Å². The van der Waals surface area contributed by atoms with Gasteiger partial charge in [0.2, 0.25) is 70.9 Å². The largest absolute Gasteiger partial charge is 0.492 e. The van der Waals surface area contributed by atoms with Crippen molar-refractivity contribution in [2.45, 2.75) is 361 Å². The second-order valence-electron chi connectivity index (χ2n) is 37.2. The SMILES string of the molecule is COP(=O)(O)OC[C@@H](NC(=O)CCCCCCCCCCC(=O)NCCOc1cc(C(=O)NCCNC(=O)[C@H](CCCCNC(=O)CCCCOC2OC(CO)C(O)C(O)C2NC(C)=O)NC(=O)CCCCOC2OC(CO)C(O)C(O)C2NC(C)=O)cc(C(=O)NCCNC(=O)[C@H](CCCCNC(=O)CCCCOC2OC(CO)C(O)C(O)C2NC(C)=O)NC(=O)CCCCOC2OC(CO)C(O)C(O)C2NC(C)=O)c1)[C@@H](C)O. The number of aliphatic hydroxyl groups excluding tert-OH is 13. The van der Waals surface area contributed by atoms with E-state index in [9.17, 15) is 143 Å². The molecule has 54 nitrogen and oxygen atoms in total. The van der Waals surface area contributed by atoms with E-state index in [-0.39, 0.29) is 209 Å². The van der Waals surface area contributed by atoms with E-state index in [0.29, 0.717) is 51.4 Å². The van der Waals surface area contributed by atoms with Crippen LogP contribution in [0.5, 0.6) is 5.75 Å². The molecular formula is C95H163N14O40P. The lowest BCUT2D eigenvalue weighted by molar-refractivity contribution is -0.270. The fourth-order valence-electron chi connectivity index (χ4n) is 16.5. The highest BCUT2D eigenvalue weighted by atomic mass is 31.2. The van der Waals surface area contributed by atoms with Gasteiger partial charge in [-0.25, -0.2) is 4.57 Å². The Morgan fingerprint density at radius 3 is 0.933 bits per heavy atom. The Balaban J connectivity index is 1.24. The highest BCUT2D eigenvalue weighted by molar-refractivity contribution is 7.47. The van der Waals surface area contributed by atoms with Gasteiger partial charge in [-0.3, -0.25) is 76.2 Å². The van der Waals surface area contributed by atoms with Gasteiger partial charge in [-0.2, -0.15) is 0 Å². The summed E-state index contributed by atoms with van der Waals surface area (Å²) in [5.41, 5.74) is -0.226. The van der Waals surface area contributed by atoms with Crippen LogP contribution in [0, 0.1) is 0 Å². The third-order valence-corrected chi connectivity index (χ3v) is 25.7. The minimum atomic E-state index is -4.32. The number of unbranched alkanes of at least 4 members (excludes halogenated alkanes) is 13. The number of phosphoric acid groups is 1. The number of phosphoric ester groups is 1.